The molecule has 0 spiro atoms. The minimum absolute atomic E-state index is 0.578. The van der Waals surface area contributed by atoms with Crippen molar-refractivity contribution in [1.29, 1.82) is 0 Å². The largest absolute Gasteiger partial charge is 0.488 e. The summed E-state index contributed by atoms with van der Waals surface area (Å²) in [6, 6.07) is 5.54. The highest BCUT2D eigenvalue weighted by Crippen LogP contribution is 2.17. The first-order valence-electron chi connectivity index (χ1n) is 4.43. The van der Waals surface area contributed by atoms with Crippen LogP contribution in [0.4, 0.5) is 0 Å². The van der Waals surface area contributed by atoms with Crippen LogP contribution in [0.1, 0.15) is 17.5 Å². The number of hydrogen-bond donors (Lipinski definition) is 2. The molecule has 0 saturated heterocycles. The van der Waals surface area contributed by atoms with E-state index in [2.05, 4.69) is 12.2 Å². The molecule has 2 N–H and O–H groups in total. The van der Waals surface area contributed by atoms with Crippen molar-refractivity contribution in [3.63, 3.8) is 0 Å². The second-order valence-corrected chi connectivity index (χ2v) is 3.27. The maximum Gasteiger partial charge on any atom is 0.488 e. The van der Waals surface area contributed by atoms with E-state index in [0.717, 1.165) is 12.8 Å². The van der Waals surface area contributed by atoms with Crippen molar-refractivity contribution in [3.05, 3.63) is 35.4 Å². The molecule has 1 aromatic rings. The van der Waals surface area contributed by atoms with Crippen molar-refractivity contribution in [3.8, 4) is 0 Å². The maximum atomic E-state index is 8.96. The fourth-order valence-electron chi connectivity index (χ4n) is 1.61. The summed E-state index contributed by atoms with van der Waals surface area (Å²) >= 11 is 0. The Morgan fingerprint density at radius 2 is 2.08 bits per heavy atom. The smallest absolute Gasteiger partial charge is 0.423 e. The molecule has 66 valence electrons. The minimum Gasteiger partial charge on any atom is -0.423 e. The maximum absolute atomic E-state index is 8.96. The van der Waals surface area contributed by atoms with E-state index < -0.39 is 7.12 Å². The molecule has 0 amide bonds. The monoisotopic (exact) mass is 174 g/mol. The molecule has 2 rings (SSSR count). The zero-order valence-corrected chi connectivity index (χ0v) is 7.27. The van der Waals surface area contributed by atoms with Crippen LogP contribution >= 0.6 is 0 Å². The first-order chi connectivity index (χ1) is 6.27. The molecule has 0 saturated carbocycles. The molecule has 1 aromatic carbocycles. The van der Waals surface area contributed by atoms with Gasteiger partial charge in [0.2, 0.25) is 0 Å². The summed E-state index contributed by atoms with van der Waals surface area (Å²) in [6.45, 7) is 0. The fourth-order valence-corrected chi connectivity index (χ4v) is 1.61. The summed E-state index contributed by atoms with van der Waals surface area (Å²) in [5.74, 6) is 0. The Hall–Kier alpha value is -1.06. The highest BCUT2D eigenvalue weighted by Gasteiger charge is 2.13. The minimum atomic E-state index is -1.35. The highest BCUT2D eigenvalue weighted by molar-refractivity contribution is 6.58. The molecule has 1 aliphatic rings. The lowest BCUT2D eigenvalue weighted by atomic mass is 9.78. The van der Waals surface area contributed by atoms with E-state index in [1.54, 1.807) is 6.07 Å². The molecule has 0 aliphatic heterocycles. The predicted octanol–water partition coefficient (Wildman–Crippen LogP) is 0.326. The molecule has 0 bridgehead atoms. The third kappa shape index (κ3) is 1.66. The Kier molecular flexibility index (Phi) is 2.21. The molecule has 0 radical (unpaired) electrons. The standard InChI is InChI=1S/C10H11BO2/c12-11(13)10-6-5-8-3-1-2-4-9(8)7-10/h1,3,5-7,12-13H,2,4H2. The summed E-state index contributed by atoms with van der Waals surface area (Å²) in [5.41, 5.74) is 2.97. The molecule has 0 fully saturated rings. The normalized spacial score (nSPS) is 14.0. The van der Waals surface area contributed by atoms with Crippen molar-refractivity contribution in [1.82, 2.24) is 0 Å². The lowest BCUT2D eigenvalue weighted by Crippen LogP contribution is -2.30. The summed E-state index contributed by atoms with van der Waals surface area (Å²) in [4.78, 5) is 0. The van der Waals surface area contributed by atoms with Gasteiger partial charge in [-0.15, -0.1) is 0 Å². The first kappa shape index (κ1) is 8.54. The van der Waals surface area contributed by atoms with Crippen LogP contribution < -0.4 is 5.46 Å². The van der Waals surface area contributed by atoms with Gasteiger partial charge in [-0.1, -0.05) is 30.4 Å². The van der Waals surface area contributed by atoms with Crippen LogP contribution in [0.5, 0.6) is 0 Å². The van der Waals surface area contributed by atoms with Gasteiger partial charge in [0.05, 0.1) is 0 Å². The second kappa shape index (κ2) is 3.36. The molecule has 0 aromatic heterocycles. The van der Waals surface area contributed by atoms with Crippen LogP contribution in [0.25, 0.3) is 6.08 Å². The lowest BCUT2D eigenvalue weighted by Gasteiger charge is -2.11. The Morgan fingerprint density at radius 3 is 2.85 bits per heavy atom. The molecular weight excluding hydrogens is 163 g/mol. The highest BCUT2D eigenvalue weighted by atomic mass is 16.4. The molecule has 3 heteroatoms. The molecule has 0 heterocycles. The van der Waals surface area contributed by atoms with Crippen LogP contribution in [0.3, 0.4) is 0 Å². The van der Waals surface area contributed by atoms with E-state index in [4.69, 9.17) is 10.0 Å². The average Bonchev–Trinajstić information content (AvgIpc) is 2.17. The number of benzene rings is 1. The van der Waals surface area contributed by atoms with E-state index in [1.165, 1.54) is 11.1 Å². The molecule has 2 nitrogen and oxygen atoms in total. The number of hydrogen-bond acceptors (Lipinski definition) is 2. The molecular formula is C10H11BO2. The van der Waals surface area contributed by atoms with Crippen molar-refractivity contribution >= 4 is 18.7 Å². The SMILES string of the molecule is OB(O)c1ccc2c(c1)CCC=C2. The number of aryl methyl sites for hydroxylation is 1. The van der Waals surface area contributed by atoms with Crippen LogP contribution in [-0.2, 0) is 6.42 Å². The van der Waals surface area contributed by atoms with Gasteiger partial charge in [-0.2, -0.15) is 0 Å². The third-order valence-corrected chi connectivity index (χ3v) is 2.34. The van der Waals surface area contributed by atoms with Gasteiger partial charge in [-0.25, -0.2) is 0 Å². The molecule has 0 atom stereocenters. The Bertz CT molecular complexity index is 345. The van der Waals surface area contributed by atoms with Crippen molar-refractivity contribution in [2.24, 2.45) is 0 Å². The van der Waals surface area contributed by atoms with Gasteiger partial charge in [0.25, 0.3) is 0 Å². The zero-order chi connectivity index (χ0) is 9.26. The van der Waals surface area contributed by atoms with Crippen LogP contribution in [-0.4, -0.2) is 17.2 Å². The summed E-state index contributed by atoms with van der Waals surface area (Å²) < 4.78 is 0. The van der Waals surface area contributed by atoms with Crippen molar-refractivity contribution in [2.45, 2.75) is 12.8 Å². The van der Waals surface area contributed by atoms with Gasteiger partial charge >= 0.3 is 7.12 Å². The number of allylic oxidation sites excluding steroid dienone is 1. The van der Waals surface area contributed by atoms with Gasteiger partial charge in [-0.3, -0.25) is 0 Å². The molecule has 1 aliphatic carbocycles. The van der Waals surface area contributed by atoms with E-state index >= 15 is 0 Å². The van der Waals surface area contributed by atoms with Crippen molar-refractivity contribution in [2.75, 3.05) is 0 Å². The Morgan fingerprint density at radius 1 is 1.23 bits per heavy atom. The Balaban J connectivity index is 2.42. The predicted molar refractivity (Wildman–Crippen MR) is 53.6 cm³/mol. The van der Waals surface area contributed by atoms with E-state index in [1.807, 2.05) is 12.1 Å². The zero-order valence-electron chi connectivity index (χ0n) is 7.27. The van der Waals surface area contributed by atoms with Crippen LogP contribution in [0.2, 0.25) is 0 Å². The van der Waals surface area contributed by atoms with Gasteiger partial charge in [0.1, 0.15) is 0 Å². The van der Waals surface area contributed by atoms with E-state index in [0.29, 0.717) is 5.46 Å². The van der Waals surface area contributed by atoms with E-state index in [-0.39, 0.29) is 0 Å². The quantitative estimate of drug-likeness (QED) is 0.602. The summed E-state index contributed by atoms with van der Waals surface area (Å²) in [6.07, 6.45) is 6.24. The molecule has 13 heavy (non-hydrogen) atoms. The van der Waals surface area contributed by atoms with E-state index in [9.17, 15) is 0 Å². The van der Waals surface area contributed by atoms with Gasteiger partial charge in [0, 0.05) is 0 Å². The molecule has 0 unspecified atom stereocenters. The summed E-state index contributed by atoms with van der Waals surface area (Å²) in [5, 5.41) is 17.9. The average molecular weight is 174 g/mol. The van der Waals surface area contributed by atoms with Gasteiger partial charge in [0.15, 0.2) is 0 Å². The third-order valence-electron chi connectivity index (χ3n) is 2.34. The topological polar surface area (TPSA) is 40.5 Å². The van der Waals surface area contributed by atoms with Crippen LogP contribution in [0, 0.1) is 0 Å². The second-order valence-electron chi connectivity index (χ2n) is 3.27. The van der Waals surface area contributed by atoms with Crippen LogP contribution in [0.15, 0.2) is 24.3 Å². The lowest BCUT2D eigenvalue weighted by molar-refractivity contribution is 0.425. The number of fused-ring (bicyclic) bond motifs is 1. The van der Waals surface area contributed by atoms with Gasteiger partial charge < -0.3 is 10.0 Å². The summed E-state index contributed by atoms with van der Waals surface area (Å²) in [7, 11) is -1.35. The van der Waals surface area contributed by atoms with Crippen molar-refractivity contribution < 1.29 is 10.0 Å². The first-order valence-corrected chi connectivity index (χ1v) is 4.43. The van der Waals surface area contributed by atoms with Gasteiger partial charge in [-0.05, 0) is 29.4 Å². The number of rotatable bonds is 1. The Labute approximate surface area is 77.7 Å². The fraction of sp³-hybridized carbons (Fsp3) is 0.200.